The summed E-state index contributed by atoms with van der Waals surface area (Å²) >= 11 is 0. The van der Waals surface area contributed by atoms with Gasteiger partial charge in [0.2, 0.25) is 0 Å². The number of fused-ring (bicyclic) bond motifs is 2. The molecule has 2 aliphatic carbocycles. The first kappa shape index (κ1) is 13.3. The van der Waals surface area contributed by atoms with Gasteiger partial charge in [-0.15, -0.1) is 0 Å². The molecule has 0 heterocycles. The van der Waals surface area contributed by atoms with Gasteiger partial charge >= 0.3 is 7.60 Å². The molecule has 0 aromatic carbocycles. The maximum atomic E-state index is 12.1. The Morgan fingerprint density at radius 3 is 2.35 bits per heavy atom. The van der Waals surface area contributed by atoms with Gasteiger partial charge in [0.25, 0.3) is 0 Å². The number of carbonyl (C=O) groups excluding carboxylic acids is 1. The molecule has 0 aromatic heterocycles. The normalized spacial score (nSPS) is 33.1. The molecule has 0 aliphatic heterocycles. The lowest BCUT2D eigenvalue weighted by Crippen LogP contribution is -2.37. The molecular formula is C12H21O4P. The largest absolute Gasteiger partial charge is 0.332 e. The first-order valence-electron chi connectivity index (χ1n) is 6.28. The molecule has 2 rings (SSSR count). The van der Waals surface area contributed by atoms with E-state index in [0.29, 0.717) is 11.8 Å². The Morgan fingerprint density at radius 2 is 1.94 bits per heavy atom. The average molecular weight is 260 g/mol. The zero-order valence-corrected chi connectivity index (χ0v) is 11.3. The third kappa shape index (κ3) is 2.64. The van der Waals surface area contributed by atoms with Crippen LogP contribution in [0.2, 0.25) is 0 Å². The Balaban J connectivity index is 2.08. The van der Waals surface area contributed by atoms with Gasteiger partial charge in [-0.05, 0) is 37.0 Å². The van der Waals surface area contributed by atoms with E-state index >= 15 is 0 Å². The highest BCUT2D eigenvalue weighted by Gasteiger charge is 2.49. The minimum atomic E-state index is -4.23. The summed E-state index contributed by atoms with van der Waals surface area (Å²) < 4.78 is 10.9. The van der Waals surface area contributed by atoms with Crippen LogP contribution in [0.15, 0.2) is 0 Å². The molecule has 2 saturated carbocycles. The fraction of sp³-hybridized carbons (Fsp3) is 0.917. The van der Waals surface area contributed by atoms with E-state index in [0.717, 1.165) is 12.3 Å². The van der Waals surface area contributed by atoms with Crippen LogP contribution < -0.4 is 0 Å². The molecule has 0 radical (unpaired) electrons. The molecular weight excluding hydrogens is 239 g/mol. The molecule has 3 unspecified atom stereocenters. The highest BCUT2D eigenvalue weighted by molar-refractivity contribution is 7.52. The summed E-state index contributed by atoms with van der Waals surface area (Å²) in [5, 5.41) is 0. The second kappa shape index (κ2) is 4.18. The van der Waals surface area contributed by atoms with Gasteiger partial charge in [-0.1, -0.05) is 20.3 Å². The SMILES string of the molecule is CC(C)(C(=O)CP(=O)(O)O)C1CC2CCC1C2. The Kier molecular flexibility index (Phi) is 3.26. The molecule has 5 heteroatoms. The van der Waals surface area contributed by atoms with Gasteiger partial charge in [-0.2, -0.15) is 0 Å². The summed E-state index contributed by atoms with van der Waals surface area (Å²) in [5.41, 5.74) is -0.582. The van der Waals surface area contributed by atoms with Crippen molar-refractivity contribution in [3.8, 4) is 0 Å². The molecule has 0 saturated heterocycles. The average Bonchev–Trinajstić information content (AvgIpc) is 2.75. The summed E-state index contributed by atoms with van der Waals surface area (Å²) in [6.45, 7) is 3.72. The van der Waals surface area contributed by atoms with Gasteiger partial charge in [0, 0.05) is 5.41 Å². The number of carbonyl (C=O) groups is 1. The lowest BCUT2D eigenvalue weighted by Gasteiger charge is -2.36. The fourth-order valence-corrected chi connectivity index (χ4v) is 4.51. The first-order valence-corrected chi connectivity index (χ1v) is 8.08. The van der Waals surface area contributed by atoms with Crippen molar-refractivity contribution in [1.29, 1.82) is 0 Å². The highest BCUT2D eigenvalue weighted by Crippen LogP contribution is 2.55. The van der Waals surface area contributed by atoms with E-state index in [1.54, 1.807) is 0 Å². The summed E-state index contributed by atoms with van der Waals surface area (Å²) in [5.74, 6) is 1.38. The van der Waals surface area contributed by atoms with Crippen molar-refractivity contribution >= 4 is 13.4 Å². The summed E-state index contributed by atoms with van der Waals surface area (Å²) in [6.07, 6.45) is 4.11. The number of rotatable bonds is 4. The van der Waals surface area contributed by atoms with E-state index in [9.17, 15) is 9.36 Å². The van der Waals surface area contributed by atoms with Crippen LogP contribution in [-0.4, -0.2) is 21.7 Å². The summed E-state index contributed by atoms with van der Waals surface area (Å²) in [4.78, 5) is 29.9. The predicted octanol–water partition coefficient (Wildman–Crippen LogP) is 2.20. The standard InChI is InChI=1S/C12H21O4P/c1-12(2,11(13)7-17(14,15)16)10-6-8-3-4-9(10)5-8/h8-10H,3-7H2,1-2H3,(H2,14,15,16). The topological polar surface area (TPSA) is 74.6 Å². The Hall–Kier alpha value is -0.180. The van der Waals surface area contributed by atoms with Crippen LogP contribution in [-0.2, 0) is 9.36 Å². The van der Waals surface area contributed by atoms with E-state index in [4.69, 9.17) is 9.79 Å². The van der Waals surface area contributed by atoms with Crippen LogP contribution in [0.5, 0.6) is 0 Å². The molecule has 4 nitrogen and oxygen atoms in total. The van der Waals surface area contributed by atoms with Gasteiger partial charge in [-0.3, -0.25) is 9.36 Å². The number of ketones is 1. The molecule has 0 amide bonds. The van der Waals surface area contributed by atoms with Crippen LogP contribution in [0.1, 0.15) is 39.5 Å². The van der Waals surface area contributed by atoms with Crippen molar-refractivity contribution in [1.82, 2.24) is 0 Å². The monoisotopic (exact) mass is 260 g/mol. The van der Waals surface area contributed by atoms with Crippen molar-refractivity contribution in [2.45, 2.75) is 39.5 Å². The van der Waals surface area contributed by atoms with Crippen molar-refractivity contribution in [3.05, 3.63) is 0 Å². The van der Waals surface area contributed by atoms with Crippen LogP contribution in [0.4, 0.5) is 0 Å². The maximum Gasteiger partial charge on any atom is 0.332 e. The van der Waals surface area contributed by atoms with Crippen molar-refractivity contribution in [2.75, 3.05) is 6.16 Å². The van der Waals surface area contributed by atoms with E-state index in [-0.39, 0.29) is 5.78 Å². The van der Waals surface area contributed by atoms with E-state index in [1.165, 1.54) is 19.3 Å². The maximum absolute atomic E-state index is 12.1. The molecule has 17 heavy (non-hydrogen) atoms. The smallest absolute Gasteiger partial charge is 0.324 e. The van der Waals surface area contributed by atoms with Crippen LogP contribution in [0, 0.1) is 23.2 Å². The van der Waals surface area contributed by atoms with Gasteiger partial charge in [0.05, 0.1) is 0 Å². The van der Waals surface area contributed by atoms with Gasteiger partial charge < -0.3 is 9.79 Å². The second-order valence-electron chi connectivity index (χ2n) is 6.25. The molecule has 2 aliphatic rings. The Morgan fingerprint density at radius 1 is 1.29 bits per heavy atom. The number of Topliss-reactive ketones (excluding diaryl/α,β-unsaturated/α-hetero) is 1. The predicted molar refractivity (Wildman–Crippen MR) is 64.6 cm³/mol. The second-order valence-corrected chi connectivity index (χ2v) is 7.89. The Labute approximate surface area is 102 Å². The molecule has 0 spiro atoms. The van der Waals surface area contributed by atoms with Crippen LogP contribution in [0.3, 0.4) is 0 Å². The van der Waals surface area contributed by atoms with E-state index in [1.807, 2.05) is 13.8 Å². The molecule has 2 N–H and O–H groups in total. The minimum Gasteiger partial charge on any atom is -0.324 e. The zero-order chi connectivity index (χ0) is 12.8. The fourth-order valence-electron chi connectivity index (χ4n) is 3.73. The van der Waals surface area contributed by atoms with Crippen molar-refractivity contribution < 1.29 is 19.1 Å². The quantitative estimate of drug-likeness (QED) is 0.760. The third-order valence-electron chi connectivity index (χ3n) is 4.73. The lowest BCUT2D eigenvalue weighted by atomic mass is 9.68. The minimum absolute atomic E-state index is 0.275. The molecule has 2 bridgehead atoms. The Bertz CT molecular complexity index is 371. The first-order chi connectivity index (χ1) is 7.70. The van der Waals surface area contributed by atoms with Crippen LogP contribution in [0.25, 0.3) is 0 Å². The van der Waals surface area contributed by atoms with Gasteiger partial charge in [0.1, 0.15) is 6.16 Å². The highest BCUT2D eigenvalue weighted by atomic mass is 31.2. The zero-order valence-electron chi connectivity index (χ0n) is 10.4. The van der Waals surface area contributed by atoms with E-state index < -0.39 is 19.2 Å². The van der Waals surface area contributed by atoms with Gasteiger partial charge in [-0.25, -0.2) is 0 Å². The van der Waals surface area contributed by atoms with E-state index in [2.05, 4.69) is 0 Å². The number of hydrogen-bond donors (Lipinski definition) is 2. The molecule has 0 aromatic rings. The summed E-state index contributed by atoms with van der Waals surface area (Å²) in [7, 11) is -4.23. The van der Waals surface area contributed by atoms with Crippen molar-refractivity contribution in [3.63, 3.8) is 0 Å². The lowest BCUT2D eigenvalue weighted by molar-refractivity contribution is -0.128. The number of hydrogen-bond acceptors (Lipinski definition) is 2. The molecule has 3 atom stereocenters. The van der Waals surface area contributed by atoms with Crippen LogP contribution >= 0.6 is 7.60 Å². The molecule has 2 fully saturated rings. The third-order valence-corrected chi connectivity index (χ3v) is 5.43. The van der Waals surface area contributed by atoms with Gasteiger partial charge in [0.15, 0.2) is 5.78 Å². The van der Waals surface area contributed by atoms with Crippen molar-refractivity contribution in [2.24, 2.45) is 23.2 Å². The molecule has 98 valence electrons. The summed E-state index contributed by atoms with van der Waals surface area (Å²) in [6, 6.07) is 0.